The van der Waals surface area contributed by atoms with E-state index in [-0.39, 0.29) is 18.0 Å². The first-order valence-electron chi connectivity index (χ1n) is 10.3. The van der Waals surface area contributed by atoms with E-state index in [2.05, 4.69) is 4.98 Å². The molecular weight excluding hydrogens is 395 g/mol. The number of carbonyl (C=O) groups excluding carboxylic acids is 1. The van der Waals surface area contributed by atoms with E-state index in [1.54, 1.807) is 53.2 Å². The molecule has 0 aliphatic carbocycles. The van der Waals surface area contributed by atoms with Crippen LogP contribution >= 0.6 is 0 Å². The van der Waals surface area contributed by atoms with Crippen molar-refractivity contribution in [2.24, 2.45) is 7.05 Å². The molecule has 31 heavy (non-hydrogen) atoms. The Morgan fingerprint density at radius 2 is 2.00 bits per heavy atom. The van der Waals surface area contributed by atoms with Crippen molar-refractivity contribution in [3.63, 3.8) is 0 Å². The average molecular weight is 416 g/mol. The van der Waals surface area contributed by atoms with Gasteiger partial charge in [-0.2, -0.15) is 0 Å². The number of likely N-dealkylation sites (tertiary alicyclic amines) is 1. The zero-order chi connectivity index (χ0) is 21.5. The van der Waals surface area contributed by atoms with Crippen LogP contribution in [0.25, 0.3) is 33.1 Å². The van der Waals surface area contributed by atoms with Gasteiger partial charge in [-0.15, -0.1) is 0 Å². The Morgan fingerprint density at radius 1 is 1.13 bits per heavy atom. The van der Waals surface area contributed by atoms with Crippen molar-refractivity contribution in [1.82, 2.24) is 19.4 Å². The number of carbonyl (C=O) groups is 1. The molecule has 1 aliphatic heterocycles. The van der Waals surface area contributed by atoms with Crippen LogP contribution in [0.1, 0.15) is 23.2 Å². The number of piperidine rings is 1. The molecule has 3 heterocycles. The maximum Gasteiger partial charge on any atom is 0.258 e. The van der Waals surface area contributed by atoms with Crippen LogP contribution in [0.2, 0.25) is 0 Å². The Kier molecular flexibility index (Phi) is 4.73. The van der Waals surface area contributed by atoms with Crippen LogP contribution in [0.3, 0.4) is 0 Å². The molecule has 4 aromatic rings. The second-order valence-electron chi connectivity index (χ2n) is 7.98. The summed E-state index contributed by atoms with van der Waals surface area (Å²) >= 11 is 0. The molecule has 0 saturated carbocycles. The molecule has 1 amide bonds. The van der Waals surface area contributed by atoms with Crippen molar-refractivity contribution >= 4 is 27.7 Å². The van der Waals surface area contributed by atoms with Crippen molar-refractivity contribution < 1.29 is 9.18 Å². The summed E-state index contributed by atoms with van der Waals surface area (Å²) < 4.78 is 15.3. The van der Waals surface area contributed by atoms with Crippen molar-refractivity contribution in [3.05, 3.63) is 70.8 Å². The lowest BCUT2D eigenvalue weighted by Gasteiger charge is -2.29. The third kappa shape index (κ3) is 3.56. The van der Waals surface area contributed by atoms with Gasteiger partial charge in [0.2, 0.25) is 0 Å². The monoisotopic (exact) mass is 416 g/mol. The number of pyridine rings is 1. The molecule has 1 saturated heterocycles. The van der Waals surface area contributed by atoms with Gasteiger partial charge in [0.15, 0.2) is 0 Å². The third-order valence-corrected chi connectivity index (χ3v) is 5.82. The molecule has 0 radical (unpaired) electrons. The fourth-order valence-corrected chi connectivity index (χ4v) is 4.08. The number of amides is 1. The van der Waals surface area contributed by atoms with Crippen LogP contribution in [0, 0.1) is 0 Å². The molecule has 5 rings (SSSR count). The van der Waals surface area contributed by atoms with E-state index in [1.807, 2.05) is 18.2 Å². The second-order valence-corrected chi connectivity index (χ2v) is 7.98. The molecule has 2 aromatic heterocycles. The van der Waals surface area contributed by atoms with Crippen molar-refractivity contribution in [2.75, 3.05) is 13.1 Å². The van der Waals surface area contributed by atoms with E-state index in [9.17, 15) is 14.0 Å². The largest absolute Gasteiger partial charge is 0.336 e. The quantitative estimate of drug-likeness (QED) is 0.499. The maximum atomic E-state index is 13.7. The van der Waals surface area contributed by atoms with Crippen LogP contribution in [-0.2, 0) is 7.05 Å². The fourth-order valence-electron chi connectivity index (χ4n) is 4.08. The number of benzene rings is 2. The number of rotatable bonds is 2. The van der Waals surface area contributed by atoms with Crippen molar-refractivity contribution in [2.45, 2.75) is 19.0 Å². The minimum atomic E-state index is -0.964. The molecule has 0 spiro atoms. The number of nitrogens with zero attached hydrogens (tertiary/aromatic N) is 4. The van der Waals surface area contributed by atoms with E-state index in [0.717, 1.165) is 10.9 Å². The van der Waals surface area contributed by atoms with Gasteiger partial charge < -0.3 is 9.47 Å². The molecule has 6 nitrogen and oxygen atoms in total. The summed E-state index contributed by atoms with van der Waals surface area (Å²) in [5.74, 6) is -0.182. The lowest BCUT2D eigenvalue weighted by Crippen LogP contribution is -2.40. The minimum Gasteiger partial charge on any atom is -0.336 e. The summed E-state index contributed by atoms with van der Waals surface area (Å²) in [4.78, 5) is 35.9. The van der Waals surface area contributed by atoms with Crippen LogP contribution in [0.5, 0.6) is 0 Å². The van der Waals surface area contributed by atoms with E-state index in [1.165, 1.54) is 0 Å². The normalized spacial score (nSPS) is 16.7. The molecule has 0 bridgehead atoms. The molecule has 0 unspecified atom stereocenters. The van der Waals surface area contributed by atoms with Crippen molar-refractivity contribution in [3.8, 4) is 11.3 Å². The Morgan fingerprint density at radius 3 is 2.84 bits per heavy atom. The smallest absolute Gasteiger partial charge is 0.258 e. The topological polar surface area (TPSA) is 68.1 Å². The lowest BCUT2D eigenvalue weighted by molar-refractivity contribution is 0.0636. The molecule has 7 heteroatoms. The molecule has 156 valence electrons. The number of hydrogen-bond donors (Lipinski definition) is 0. The molecule has 0 N–H and O–H groups in total. The van der Waals surface area contributed by atoms with Gasteiger partial charge in [-0.25, -0.2) is 9.37 Å². The first kappa shape index (κ1) is 19.4. The molecule has 2 aromatic carbocycles. The van der Waals surface area contributed by atoms with Gasteiger partial charge in [0.25, 0.3) is 11.5 Å². The number of halogens is 1. The Bertz CT molecular complexity index is 1380. The number of aromatic nitrogens is 3. The highest BCUT2D eigenvalue weighted by atomic mass is 19.1. The Labute approximate surface area is 178 Å². The summed E-state index contributed by atoms with van der Waals surface area (Å²) in [5, 5.41) is 1.47. The lowest BCUT2D eigenvalue weighted by atomic mass is 10.1. The number of fused-ring (bicyclic) bond motifs is 2. The second kappa shape index (κ2) is 7.58. The molecule has 1 atom stereocenters. The number of aryl methyl sites for hydroxylation is 1. The third-order valence-electron chi connectivity index (χ3n) is 5.82. The highest BCUT2D eigenvalue weighted by Crippen LogP contribution is 2.24. The number of hydrogen-bond acceptors (Lipinski definition) is 4. The maximum absolute atomic E-state index is 13.7. The van der Waals surface area contributed by atoms with Gasteiger partial charge in [0, 0.05) is 36.3 Å². The van der Waals surface area contributed by atoms with E-state index in [4.69, 9.17) is 4.98 Å². The van der Waals surface area contributed by atoms with Gasteiger partial charge in [-0.05, 0) is 54.6 Å². The zero-order valence-electron chi connectivity index (χ0n) is 17.1. The first-order chi connectivity index (χ1) is 15.0. The summed E-state index contributed by atoms with van der Waals surface area (Å²) in [6.07, 6.45) is 3.64. The van der Waals surface area contributed by atoms with Gasteiger partial charge in [0.1, 0.15) is 6.17 Å². The zero-order valence-corrected chi connectivity index (χ0v) is 17.1. The van der Waals surface area contributed by atoms with Crippen molar-refractivity contribution in [1.29, 1.82) is 0 Å². The Balaban J connectivity index is 1.52. The molecular formula is C24H21FN4O2. The highest BCUT2D eigenvalue weighted by molar-refractivity contribution is 5.97. The van der Waals surface area contributed by atoms with Crippen LogP contribution < -0.4 is 5.56 Å². The highest BCUT2D eigenvalue weighted by Gasteiger charge is 2.24. The molecule has 1 aliphatic rings. The van der Waals surface area contributed by atoms with Crippen LogP contribution in [-0.4, -0.2) is 44.6 Å². The first-order valence-corrected chi connectivity index (χ1v) is 10.3. The standard InChI is InChI=1S/C24H21FN4O2/c1-28-10-8-15-11-16(4-6-19(15)24(28)31)22-13-26-20-7-5-17(12-21(20)27-22)23(30)29-9-2-3-18(25)14-29/h4-8,10-13,18H,2-3,9,14H2,1H3/t18-/m0/s1. The van der Waals surface area contributed by atoms with Crippen LogP contribution in [0.4, 0.5) is 4.39 Å². The van der Waals surface area contributed by atoms with E-state index >= 15 is 0 Å². The SMILES string of the molecule is Cn1ccc2cc(-c3cnc4ccc(C(=O)N5CCC[C@H](F)C5)cc4n3)ccc2c1=O. The van der Waals surface area contributed by atoms with E-state index < -0.39 is 6.17 Å². The predicted molar refractivity (Wildman–Crippen MR) is 118 cm³/mol. The number of alkyl halides is 1. The summed E-state index contributed by atoms with van der Waals surface area (Å²) in [6.45, 7) is 0.707. The van der Waals surface area contributed by atoms with Gasteiger partial charge in [-0.3, -0.25) is 14.6 Å². The molecule has 1 fully saturated rings. The predicted octanol–water partition coefficient (Wildman–Crippen LogP) is 3.72. The summed E-state index contributed by atoms with van der Waals surface area (Å²) in [6, 6.07) is 12.6. The Hall–Kier alpha value is -3.61. The fraction of sp³-hybridized carbons (Fsp3) is 0.250. The van der Waals surface area contributed by atoms with Gasteiger partial charge >= 0.3 is 0 Å². The van der Waals surface area contributed by atoms with Crippen LogP contribution in [0.15, 0.2) is 59.7 Å². The van der Waals surface area contributed by atoms with Gasteiger partial charge in [0.05, 0.1) is 29.5 Å². The van der Waals surface area contributed by atoms with E-state index in [0.29, 0.717) is 47.1 Å². The summed E-state index contributed by atoms with van der Waals surface area (Å²) in [5.41, 5.74) is 3.20. The van der Waals surface area contributed by atoms with Gasteiger partial charge in [-0.1, -0.05) is 6.07 Å². The minimum absolute atomic E-state index is 0.0509. The summed E-state index contributed by atoms with van der Waals surface area (Å²) in [7, 11) is 1.72. The average Bonchev–Trinajstić information content (AvgIpc) is 2.80.